The van der Waals surface area contributed by atoms with E-state index in [2.05, 4.69) is 5.32 Å². The number of Topliss-reactive ketones (excluding diaryl/α,β-unsaturated/α-hetero) is 1. The van der Waals surface area contributed by atoms with Crippen LogP contribution in [0.2, 0.25) is 0 Å². The van der Waals surface area contributed by atoms with Crippen molar-refractivity contribution in [2.24, 2.45) is 0 Å². The molecule has 0 spiro atoms. The van der Waals surface area contributed by atoms with E-state index in [1.807, 2.05) is 34.6 Å². The Morgan fingerprint density at radius 1 is 0.815 bits per heavy atom. The predicted molar refractivity (Wildman–Crippen MR) is 105 cm³/mol. The Morgan fingerprint density at radius 3 is 1.78 bits per heavy atom. The third kappa shape index (κ3) is 4.42. The van der Waals surface area contributed by atoms with Crippen molar-refractivity contribution >= 4 is 23.3 Å². The lowest BCUT2D eigenvalue weighted by Gasteiger charge is -2.17. The largest absolute Gasteiger partial charge is 0.454 e. The molecule has 5 nitrogen and oxygen atoms in total. The Labute approximate surface area is 159 Å². The molecule has 0 saturated carbocycles. The quantitative estimate of drug-likeness (QED) is 0.634. The molecule has 0 saturated heterocycles. The van der Waals surface area contributed by atoms with Crippen molar-refractivity contribution in [3.8, 4) is 0 Å². The number of amides is 1. The topological polar surface area (TPSA) is 72.5 Å². The minimum atomic E-state index is -0.487. The molecule has 5 heteroatoms. The standard InChI is InChI=1S/C22H25NO4/c1-12-13(2)15(4)21(16(5)14(12)3)22(26)27-11-20(25)18-7-9-19(10-8-18)23-17(6)24/h7-10H,11H2,1-6H3,(H,23,24). The number of nitrogens with one attached hydrogen (secondary N) is 1. The van der Waals surface area contributed by atoms with E-state index in [-0.39, 0.29) is 18.3 Å². The highest BCUT2D eigenvalue weighted by atomic mass is 16.5. The van der Waals surface area contributed by atoms with Gasteiger partial charge in [-0.3, -0.25) is 9.59 Å². The van der Waals surface area contributed by atoms with Gasteiger partial charge in [0.15, 0.2) is 12.4 Å². The second kappa shape index (κ2) is 8.16. The molecule has 2 rings (SSSR count). The molecule has 0 unspecified atom stereocenters. The highest BCUT2D eigenvalue weighted by Gasteiger charge is 2.20. The second-order valence-corrected chi connectivity index (χ2v) is 6.76. The predicted octanol–water partition coefficient (Wildman–Crippen LogP) is 4.23. The molecule has 2 aromatic carbocycles. The third-order valence-corrected chi connectivity index (χ3v) is 5.07. The fraction of sp³-hybridized carbons (Fsp3) is 0.318. The molecule has 142 valence electrons. The van der Waals surface area contributed by atoms with Crippen LogP contribution in [0.3, 0.4) is 0 Å². The number of ketones is 1. The molecule has 0 aromatic heterocycles. The smallest absolute Gasteiger partial charge is 0.339 e. The molecule has 2 aromatic rings. The first-order valence-corrected chi connectivity index (χ1v) is 8.78. The molecule has 0 aliphatic rings. The molecule has 0 heterocycles. The van der Waals surface area contributed by atoms with Crippen LogP contribution in [0.5, 0.6) is 0 Å². The molecule has 0 aliphatic carbocycles. The van der Waals surface area contributed by atoms with Crippen molar-refractivity contribution in [2.75, 3.05) is 11.9 Å². The summed E-state index contributed by atoms with van der Waals surface area (Å²) >= 11 is 0. The summed E-state index contributed by atoms with van der Waals surface area (Å²) < 4.78 is 5.29. The van der Waals surface area contributed by atoms with E-state index >= 15 is 0 Å². The Kier molecular flexibility index (Phi) is 6.16. The van der Waals surface area contributed by atoms with Gasteiger partial charge in [-0.15, -0.1) is 0 Å². The number of benzene rings is 2. The van der Waals surface area contributed by atoms with Crippen LogP contribution in [-0.2, 0) is 9.53 Å². The monoisotopic (exact) mass is 367 g/mol. The molecule has 0 aliphatic heterocycles. The summed E-state index contributed by atoms with van der Waals surface area (Å²) in [7, 11) is 0. The van der Waals surface area contributed by atoms with Gasteiger partial charge < -0.3 is 10.1 Å². The molecule has 1 amide bonds. The van der Waals surface area contributed by atoms with Crippen molar-refractivity contribution in [3.63, 3.8) is 0 Å². The Balaban J connectivity index is 2.12. The van der Waals surface area contributed by atoms with Crippen LogP contribution in [-0.4, -0.2) is 24.3 Å². The van der Waals surface area contributed by atoms with Gasteiger partial charge in [0.25, 0.3) is 0 Å². The number of hydrogen-bond acceptors (Lipinski definition) is 4. The highest BCUT2D eigenvalue weighted by Crippen LogP contribution is 2.26. The van der Waals surface area contributed by atoms with E-state index in [4.69, 9.17) is 4.74 Å². The highest BCUT2D eigenvalue weighted by molar-refractivity contribution is 6.00. The molecule has 1 N–H and O–H groups in total. The van der Waals surface area contributed by atoms with Gasteiger partial charge in [0.05, 0.1) is 5.56 Å². The van der Waals surface area contributed by atoms with Crippen molar-refractivity contribution in [1.82, 2.24) is 0 Å². The van der Waals surface area contributed by atoms with Crippen LogP contribution in [0, 0.1) is 34.6 Å². The molecule has 0 radical (unpaired) electrons. The fourth-order valence-corrected chi connectivity index (χ4v) is 3.04. The average Bonchev–Trinajstić information content (AvgIpc) is 2.63. The first-order chi connectivity index (χ1) is 12.6. The van der Waals surface area contributed by atoms with Gasteiger partial charge in [0, 0.05) is 18.2 Å². The van der Waals surface area contributed by atoms with Crippen LogP contribution in [0.25, 0.3) is 0 Å². The zero-order valence-electron chi connectivity index (χ0n) is 16.6. The number of esters is 1. The molecular formula is C22H25NO4. The van der Waals surface area contributed by atoms with Crippen molar-refractivity contribution in [3.05, 3.63) is 63.2 Å². The molecule has 0 fully saturated rings. The summed E-state index contributed by atoms with van der Waals surface area (Å²) in [4.78, 5) is 35.9. The number of rotatable bonds is 5. The Hall–Kier alpha value is -2.95. The van der Waals surface area contributed by atoms with Crippen LogP contribution in [0.4, 0.5) is 5.69 Å². The van der Waals surface area contributed by atoms with E-state index < -0.39 is 5.97 Å². The molecule has 27 heavy (non-hydrogen) atoms. The summed E-state index contributed by atoms with van der Waals surface area (Å²) in [6.45, 7) is 10.9. The maximum atomic E-state index is 12.6. The van der Waals surface area contributed by atoms with E-state index in [0.717, 1.165) is 27.8 Å². The Bertz CT molecular complexity index is 882. The summed E-state index contributed by atoms with van der Waals surface area (Å²) in [5, 5.41) is 2.63. The first kappa shape index (κ1) is 20.4. The Morgan fingerprint density at radius 2 is 1.30 bits per heavy atom. The first-order valence-electron chi connectivity index (χ1n) is 8.78. The van der Waals surface area contributed by atoms with Crippen LogP contribution in [0.1, 0.15) is 55.5 Å². The molecule has 0 atom stereocenters. The SMILES string of the molecule is CC(=O)Nc1ccc(C(=O)COC(=O)c2c(C)c(C)c(C)c(C)c2C)cc1. The maximum Gasteiger partial charge on any atom is 0.339 e. The molecule has 0 bridgehead atoms. The van der Waals surface area contributed by atoms with E-state index in [1.54, 1.807) is 24.3 Å². The van der Waals surface area contributed by atoms with Gasteiger partial charge in [-0.05, 0) is 86.7 Å². The third-order valence-electron chi connectivity index (χ3n) is 5.07. The zero-order chi connectivity index (χ0) is 20.3. The lowest BCUT2D eigenvalue weighted by Crippen LogP contribution is -2.17. The van der Waals surface area contributed by atoms with E-state index in [9.17, 15) is 14.4 Å². The van der Waals surface area contributed by atoms with Gasteiger partial charge in [-0.25, -0.2) is 4.79 Å². The summed E-state index contributed by atoms with van der Waals surface area (Å²) in [6, 6.07) is 6.46. The van der Waals surface area contributed by atoms with Gasteiger partial charge in [-0.1, -0.05) is 0 Å². The van der Waals surface area contributed by atoms with Gasteiger partial charge in [0.2, 0.25) is 5.91 Å². The van der Waals surface area contributed by atoms with Crippen LogP contribution < -0.4 is 5.32 Å². The zero-order valence-corrected chi connectivity index (χ0v) is 16.6. The number of carbonyl (C=O) groups is 3. The van der Waals surface area contributed by atoms with Gasteiger partial charge in [-0.2, -0.15) is 0 Å². The minimum Gasteiger partial charge on any atom is -0.454 e. The van der Waals surface area contributed by atoms with Crippen molar-refractivity contribution < 1.29 is 19.1 Å². The molecular weight excluding hydrogens is 342 g/mol. The fourth-order valence-electron chi connectivity index (χ4n) is 3.04. The lowest BCUT2D eigenvalue weighted by atomic mass is 9.90. The maximum absolute atomic E-state index is 12.6. The van der Waals surface area contributed by atoms with Crippen molar-refractivity contribution in [2.45, 2.75) is 41.5 Å². The summed E-state index contributed by atoms with van der Waals surface area (Å²) in [5.41, 5.74) is 6.60. The lowest BCUT2D eigenvalue weighted by molar-refractivity contribution is -0.114. The average molecular weight is 367 g/mol. The van der Waals surface area contributed by atoms with Gasteiger partial charge >= 0.3 is 5.97 Å². The normalized spacial score (nSPS) is 10.4. The number of anilines is 1. The summed E-state index contributed by atoms with van der Waals surface area (Å²) in [5.74, 6) is -0.967. The number of hydrogen-bond donors (Lipinski definition) is 1. The van der Waals surface area contributed by atoms with E-state index in [0.29, 0.717) is 16.8 Å². The summed E-state index contributed by atoms with van der Waals surface area (Å²) in [6.07, 6.45) is 0. The van der Waals surface area contributed by atoms with E-state index in [1.165, 1.54) is 6.92 Å². The van der Waals surface area contributed by atoms with Crippen molar-refractivity contribution in [1.29, 1.82) is 0 Å². The number of ether oxygens (including phenoxy) is 1. The minimum absolute atomic E-state index is 0.183. The van der Waals surface area contributed by atoms with Gasteiger partial charge in [0.1, 0.15) is 0 Å². The number of carbonyl (C=O) groups excluding carboxylic acids is 3. The van der Waals surface area contributed by atoms with Crippen LogP contribution in [0.15, 0.2) is 24.3 Å². The second-order valence-electron chi connectivity index (χ2n) is 6.76. The van der Waals surface area contributed by atoms with Crippen LogP contribution >= 0.6 is 0 Å².